The van der Waals surface area contributed by atoms with Crippen LogP contribution in [0.4, 0.5) is 17.6 Å². The summed E-state index contributed by atoms with van der Waals surface area (Å²) in [5, 5.41) is 11.3. The molecule has 1 atom stereocenters. The van der Waals surface area contributed by atoms with Gasteiger partial charge in [-0.2, -0.15) is 13.2 Å². The van der Waals surface area contributed by atoms with Crippen molar-refractivity contribution in [3.05, 3.63) is 59.0 Å². The van der Waals surface area contributed by atoms with Crippen molar-refractivity contribution >= 4 is 38.5 Å². The van der Waals surface area contributed by atoms with Gasteiger partial charge in [0, 0.05) is 29.7 Å². The first-order valence-corrected chi connectivity index (χ1v) is 11.2. The number of nitrogens with one attached hydrogen (secondary N) is 1. The van der Waals surface area contributed by atoms with Crippen molar-refractivity contribution in [2.24, 2.45) is 0 Å². The zero-order valence-electron chi connectivity index (χ0n) is 18.9. The van der Waals surface area contributed by atoms with Crippen LogP contribution in [0.25, 0.3) is 10.9 Å². The van der Waals surface area contributed by atoms with E-state index in [0.29, 0.717) is 29.8 Å². The van der Waals surface area contributed by atoms with Crippen LogP contribution in [-0.4, -0.2) is 42.8 Å². The number of nitrogens with zero attached hydrogens (tertiary/aromatic N) is 1. The number of carboxylic acid groups (broad SMARTS) is 1. The molecular weight excluding hydrogens is 515 g/mol. The largest absolute Gasteiger partial charge is 1.00 e. The summed E-state index contributed by atoms with van der Waals surface area (Å²) in [7, 11) is -4.13. The van der Waals surface area contributed by atoms with Gasteiger partial charge in [0.2, 0.25) is 0 Å². The van der Waals surface area contributed by atoms with Gasteiger partial charge in [-0.1, -0.05) is 23.7 Å². The molecular formula is C20H18ClF4N2NaO5S. The Morgan fingerprint density at radius 1 is 1.26 bits per heavy atom. The number of hydrogen-bond acceptors (Lipinski definition) is 5. The molecule has 4 rings (SSSR count). The molecule has 0 amide bonds. The second-order valence-corrected chi connectivity index (χ2v) is 9.10. The van der Waals surface area contributed by atoms with Crippen LogP contribution in [0.3, 0.4) is 0 Å². The first kappa shape index (κ1) is 28.4. The van der Waals surface area contributed by atoms with Crippen LogP contribution < -0.4 is 39.6 Å². The third-order valence-electron chi connectivity index (χ3n) is 4.75. The predicted octanol–water partition coefficient (Wildman–Crippen LogP) is 1.46. The molecule has 2 aromatic carbocycles. The fourth-order valence-electron chi connectivity index (χ4n) is 3.31. The van der Waals surface area contributed by atoms with Crippen molar-refractivity contribution in [2.45, 2.75) is 24.0 Å². The summed E-state index contributed by atoms with van der Waals surface area (Å²) in [6.45, 7) is 3.14. The van der Waals surface area contributed by atoms with E-state index in [2.05, 4.69) is 5.32 Å². The van der Waals surface area contributed by atoms with Crippen molar-refractivity contribution in [2.75, 3.05) is 13.2 Å². The standard InChI is InChI=1S/C18H16ClFN2O3S.C2HF3O2.Na.H/c1-11-17-15(25-9-8-21-11)7-6-14-18(17)12(19)10-22(14)26(23,24)16-5-3-2-4-13(16)20;3-2(4,5)1(6)7;;/h2-7,10-11,21H,8-9H2,1H3;(H,6,7);;/q;;+1;-1. The van der Waals surface area contributed by atoms with E-state index < -0.39 is 32.9 Å². The number of fused-ring (bicyclic) bond motifs is 3. The maximum atomic E-state index is 14.1. The van der Waals surface area contributed by atoms with Gasteiger partial charge in [0.15, 0.2) is 0 Å². The smallest absolute Gasteiger partial charge is 1.00 e. The van der Waals surface area contributed by atoms with E-state index in [9.17, 15) is 26.0 Å². The minimum absolute atomic E-state index is 0. The van der Waals surface area contributed by atoms with Crippen LogP contribution in [0.2, 0.25) is 5.02 Å². The Kier molecular flexibility index (Phi) is 9.05. The van der Waals surface area contributed by atoms with Gasteiger partial charge < -0.3 is 16.6 Å². The van der Waals surface area contributed by atoms with E-state index in [1.54, 1.807) is 12.1 Å². The Hall–Kier alpha value is -1.83. The average Bonchev–Trinajstić information content (AvgIpc) is 2.96. The van der Waals surface area contributed by atoms with E-state index >= 15 is 0 Å². The zero-order chi connectivity index (χ0) is 24.6. The van der Waals surface area contributed by atoms with Gasteiger partial charge in [-0.3, -0.25) is 0 Å². The molecule has 180 valence electrons. The molecule has 1 aliphatic rings. The van der Waals surface area contributed by atoms with Crippen molar-refractivity contribution in [3.8, 4) is 5.75 Å². The Labute approximate surface area is 220 Å². The van der Waals surface area contributed by atoms with E-state index in [1.165, 1.54) is 24.4 Å². The molecule has 1 aliphatic heterocycles. The fraction of sp³-hybridized carbons (Fsp3) is 0.250. The van der Waals surface area contributed by atoms with Crippen molar-refractivity contribution in [1.82, 2.24) is 9.29 Å². The summed E-state index contributed by atoms with van der Waals surface area (Å²) in [5.74, 6) is -2.90. The maximum Gasteiger partial charge on any atom is 1.00 e. The fourth-order valence-corrected chi connectivity index (χ4v) is 5.10. The van der Waals surface area contributed by atoms with Crippen LogP contribution >= 0.6 is 11.6 Å². The molecule has 0 saturated heterocycles. The molecule has 1 unspecified atom stereocenters. The third kappa shape index (κ3) is 5.69. The number of aromatic nitrogens is 1. The normalized spacial score (nSPS) is 15.8. The molecule has 7 nitrogen and oxygen atoms in total. The Bertz CT molecular complexity index is 1320. The molecule has 34 heavy (non-hydrogen) atoms. The van der Waals surface area contributed by atoms with E-state index in [1.807, 2.05) is 6.92 Å². The summed E-state index contributed by atoms with van der Waals surface area (Å²) in [6.07, 6.45) is -3.77. The topological polar surface area (TPSA) is 97.6 Å². The van der Waals surface area contributed by atoms with Crippen LogP contribution in [0, 0.1) is 5.82 Å². The summed E-state index contributed by atoms with van der Waals surface area (Å²) in [5.41, 5.74) is 1.18. The number of halogens is 5. The van der Waals surface area contributed by atoms with E-state index in [0.717, 1.165) is 15.6 Å². The third-order valence-corrected chi connectivity index (χ3v) is 6.74. The number of rotatable bonds is 2. The summed E-state index contributed by atoms with van der Waals surface area (Å²) < 4.78 is 78.7. The van der Waals surface area contributed by atoms with Crippen LogP contribution in [0.5, 0.6) is 5.75 Å². The van der Waals surface area contributed by atoms with Gasteiger partial charge in [-0.15, -0.1) is 0 Å². The Balaban J connectivity index is 0.000000601. The molecule has 3 aromatic rings. The van der Waals surface area contributed by atoms with Crippen molar-refractivity contribution in [3.63, 3.8) is 0 Å². The molecule has 2 heterocycles. The number of alkyl halides is 3. The zero-order valence-corrected chi connectivity index (χ0v) is 21.4. The molecule has 0 spiro atoms. The SMILES string of the molecule is CC1NCCOc2ccc3c(c(Cl)cn3S(=O)(=O)c3ccccc3F)c21.O=C(O)C(F)(F)F.[H-].[Na+]. The second-order valence-electron chi connectivity index (χ2n) is 6.91. The first-order chi connectivity index (χ1) is 15.4. The molecule has 0 bridgehead atoms. The molecule has 0 aliphatic carbocycles. The second kappa shape index (κ2) is 10.8. The van der Waals surface area contributed by atoms with Gasteiger partial charge in [-0.05, 0) is 31.2 Å². The Morgan fingerprint density at radius 2 is 1.88 bits per heavy atom. The van der Waals surface area contributed by atoms with Gasteiger partial charge in [0.1, 0.15) is 23.1 Å². The van der Waals surface area contributed by atoms with Crippen molar-refractivity contribution in [1.29, 1.82) is 0 Å². The van der Waals surface area contributed by atoms with Gasteiger partial charge in [0.25, 0.3) is 10.0 Å². The number of carbonyl (C=O) groups is 1. The summed E-state index contributed by atoms with van der Waals surface area (Å²) in [6, 6.07) is 8.57. The van der Waals surface area contributed by atoms with Gasteiger partial charge in [-0.25, -0.2) is 21.6 Å². The van der Waals surface area contributed by atoms with E-state index in [4.69, 9.17) is 26.2 Å². The Morgan fingerprint density at radius 3 is 2.47 bits per heavy atom. The number of ether oxygens (including phenoxy) is 1. The van der Waals surface area contributed by atoms with Crippen LogP contribution in [-0.2, 0) is 14.8 Å². The molecule has 0 radical (unpaired) electrons. The minimum atomic E-state index is -5.08. The van der Waals surface area contributed by atoms with Crippen LogP contribution in [0.15, 0.2) is 47.5 Å². The quantitative estimate of drug-likeness (QED) is 0.383. The maximum absolute atomic E-state index is 14.1. The number of carboxylic acids is 1. The predicted molar refractivity (Wildman–Crippen MR) is 113 cm³/mol. The average molecular weight is 533 g/mol. The van der Waals surface area contributed by atoms with Crippen molar-refractivity contribution < 1.29 is 71.6 Å². The first-order valence-electron chi connectivity index (χ1n) is 9.35. The van der Waals surface area contributed by atoms with Gasteiger partial charge >= 0.3 is 41.7 Å². The minimum Gasteiger partial charge on any atom is -1.00 e. The van der Waals surface area contributed by atoms with Gasteiger partial charge in [0.05, 0.1) is 10.5 Å². The number of benzene rings is 2. The van der Waals surface area contributed by atoms with E-state index in [-0.39, 0.29) is 42.0 Å². The molecule has 14 heteroatoms. The number of aliphatic carboxylic acids is 1. The molecule has 2 N–H and O–H groups in total. The molecule has 0 fully saturated rings. The number of hydrogen-bond donors (Lipinski definition) is 2. The summed E-state index contributed by atoms with van der Waals surface area (Å²) in [4.78, 5) is 8.50. The summed E-state index contributed by atoms with van der Waals surface area (Å²) >= 11 is 6.40. The molecule has 0 saturated carbocycles. The molecule has 1 aromatic heterocycles. The van der Waals surface area contributed by atoms with Crippen LogP contribution in [0.1, 0.15) is 20.0 Å². The monoisotopic (exact) mass is 532 g/mol.